The first-order valence-corrected chi connectivity index (χ1v) is 6.10. The summed E-state index contributed by atoms with van der Waals surface area (Å²) in [4.78, 5) is 26.5. The van der Waals surface area contributed by atoms with Gasteiger partial charge >= 0.3 is 0 Å². The number of hydrogen-bond donors (Lipinski definition) is 2. The van der Waals surface area contributed by atoms with Gasteiger partial charge < -0.3 is 15.4 Å². The monoisotopic (exact) mass is 257 g/mol. The smallest absolute Gasteiger partial charge is 0.270 e. The fraction of sp³-hybridized carbons (Fsp3) is 0.500. The van der Waals surface area contributed by atoms with E-state index in [1.807, 2.05) is 0 Å². The van der Waals surface area contributed by atoms with Crippen molar-refractivity contribution in [2.24, 2.45) is 0 Å². The van der Waals surface area contributed by atoms with Crippen molar-refractivity contribution in [2.75, 3.05) is 26.8 Å². The van der Waals surface area contributed by atoms with Gasteiger partial charge in [0.2, 0.25) is 5.91 Å². The Kier molecular flexibility index (Phi) is 6.19. The minimum Gasteiger partial charge on any atom is -0.383 e. The molecule has 2 N–H and O–H groups in total. The quantitative estimate of drug-likeness (QED) is 0.675. The highest BCUT2D eigenvalue weighted by Gasteiger charge is 2.07. The van der Waals surface area contributed by atoms with E-state index >= 15 is 0 Å². The SMILES string of the molecule is COCCNC(=O)CCNC(=O)c1cscn1. The van der Waals surface area contributed by atoms with Gasteiger partial charge in [0.15, 0.2) is 0 Å². The third-order valence-corrected chi connectivity index (χ3v) is 2.52. The van der Waals surface area contributed by atoms with Gasteiger partial charge in [-0.1, -0.05) is 0 Å². The molecule has 0 spiro atoms. The number of aromatic nitrogens is 1. The molecule has 7 heteroatoms. The maximum Gasteiger partial charge on any atom is 0.270 e. The molecule has 0 radical (unpaired) electrons. The van der Waals surface area contributed by atoms with Crippen LogP contribution in [0.1, 0.15) is 16.9 Å². The molecule has 0 aliphatic carbocycles. The van der Waals surface area contributed by atoms with Crippen LogP contribution in [0, 0.1) is 0 Å². The normalized spacial score (nSPS) is 9.94. The van der Waals surface area contributed by atoms with Crippen molar-refractivity contribution < 1.29 is 14.3 Å². The highest BCUT2D eigenvalue weighted by molar-refractivity contribution is 7.07. The van der Waals surface area contributed by atoms with E-state index < -0.39 is 0 Å². The van der Waals surface area contributed by atoms with Crippen molar-refractivity contribution in [3.8, 4) is 0 Å². The van der Waals surface area contributed by atoms with Crippen LogP contribution in [0.3, 0.4) is 0 Å². The maximum atomic E-state index is 11.4. The van der Waals surface area contributed by atoms with Gasteiger partial charge in [-0.05, 0) is 0 Å². The van der Waals surface area contributed by atoms with E-state index in [1.165, 1.54) is 11.3 Å². The second-order valence-corrected chi connectivity index (χ2v) is 3.94. The summed E-state index contributed by atoms with van der Waals surface area (Å²) in [7, 11) is 1.57. The molecule has 17 heavy (non-hydrogen) atoms. The first-order chi connectivity index (χ1) is 8.24. The second kappa shape index (κ2) is 7.75. The Balaban J connectivity index is 2.11. The molecule has 1 rings (SSSR count). The number of hydrogen-bond acceptors (Lipinski definition) is 5. The molecule has 0 aromatic carbocycles. The number of ether oxygens (including phenoxy) is 1. The van der Waals surface area contributed by atoms with E-state index in [0.717, 1.165) is 0 Å². The van der Waals surface area contributed by atoms with Gasteiger partial charge in [-0.25, -0.2) is 4.98 Å². The Morgan fingerprint density at radius 1 is 1.41 bits per heavy atom. The molecule has 0 atom stereocenters. The minimum atomic E-state index is -0.254. The Hall–Kier alpha value is -1.47. The molecule has 0 aliphatic rings. The summed E-state index contributed by atoms with van der Waals surface area (Å²) < 4.78 is 4.79. The van der Waals surface area contributed by atoms with Crippen LogP contribution >= 0.6 is 11.3 Å². The van der Waals surface area contributed by atoms with Gasteiger partial charge in [0, 0.05) is 32.0 Å². The zero-order chi connectivity index (χ0) is 12.5. The molecule has 0 aliphatic heterocycles. The van der Waals surface area contributed by atoms with Crippen molar-refractivity contribution >= 4 is 23.2 Å². The Morgan fingerprint density at radius 3 is 2.88 bits per heavy atom. The van der Waals surface area contributed by atoms with Crippen LogP contribution in [0.2, 0.25) is 0 Å². The lowest BCUT2D eigenvalue weighted by Crippen LogP contribution is -2.32. The number of methoxy groups -OCH3 is 1. The topological polar surface area (TPSA) is 80.3 Å². The largest absolute Gasteiger partial charge is 0.383 e. The van der Waals surface area contributed by atoms with Gasteiger partial charge in [0.25, 0.3) is 5.91 Å². The van der Waals surface area contributed by atoms with Gasteiger partial charge in [0.1, 0.15) is 5.69 Å². The van der Waals surface area contributed by atoms with Crippen LogP contribution in [-0.2, 0) is 9.53 Å². The summed E-state index contributed by atoms with van der Waals surface area (Å²) in [6.07, 6.45) is 0.250. The van der Waals surface area contributed by atoms with Crippen molar-refractivity contribution in [2.45, 2.75) is 6.42 Å². The van der Waals surface area contributed by atoms with Crippen LogP contribution in [-0.4, -0.2) is 43.6 Å². The molecular formula is C10H15N3O3S. The third kappa shape index (κ3) is 5.41. The van der Waals surface area contributed by atoms with E-state index in [-0.39, 0.29) is 18.2 Å². The van der Waals surface area contributed by atoms with Crippen LogP contribution < -0.4 is 10.6 Å². The molecular weight excluding hydrogens is 242 g/mol. The number of thiazole rings is 1. The number of carbonyl (C=O) groups is 2. The Morgan fingerprint density at radius 2 is 2.24 bits per heavy atom. The molecule has 94 valence electrons. The molecule has 6 nitrogen and oxygen atoms in total. The van der Waals surface area contributed by atoms with E-state index in [1.54, 1.807) is 18.0 Å². The van der Waals surface area contributed by atoms with Crippen molar-refractivity contribution in [1.82, 2.24) is 15.6 Å². The summed E-state index contributed by atoms with van der Waals surface area (Å²) in [5.74, 6) is -0.364. The zero-order valence-corrected chi connectivity index (χ0v) is 10.4. The zero-order valence-electron chi connectivity index (χ0n) is 9.56. The molecule has 0 bridgehead atoms. The number of nitrogens with zero attached hydrogens (tertiary/aromatic N) is 1. The number of carbonyl (C=O) groups excluding carboxylic acids is 2. The van der Waals surface area contributed by atoms with Crippen LogP contribution in [0.25, 0.3) is 0 Å². The van der Waals surface area contributed by atoms with Crippen LogP contribution in [0.4, 0.5) is 0 Å². The molecule has 0 fully saturated rings. The fourth-order valence-corrected chi connectivity index (χ4v) is 1.62. The average Bonchev–Trinajstić information content (AvgIpc) is 2.82. The minimum absolute atomic E-state index is 0.111. The lowest BCUT2D eigenvalue weighted by atomic mass is 10.3. The van der Waals surface area contributed by atoms with Gasteiger partial charge in [-0.3, -0.25) is 9.59 Å². The average molecular weight is 257 g/mol. The lowest BCUT2D eigenvalue weighted by molar-refractivity contribution is -0.121. The van der Waals surface area contributed by atoms with E-state index in [0.29, 0.717) is 25.4 Å². The van der Waals surface area contributed by atoms with Crippen LogP contribution in [0.15, 0.2) is 10.9 Å². The summed E-state index contributed by atoms with van der Waals surface area (Å²) in [6, 6.07) is 0. The summed E-state index contributed by atoms with van der Waals surface area (Å²) in [5.41, 5.74) is 1.97. The number of nitrogens with one attached hydrogen (secondary N) is 2. The summed E-state index contributed by atoms with van der Waals surface area (Å²) >= 11 is 1.36. The van der Waals surface area contributed by atoms with Gasteiger partial charge in [-0.15, -0.1) is 11.3 Å². The van der Waals surface area contributed by atoms with Crippen molar-refractivity contribution in [1.29, 1.82) is 0 Å². The fourth-order valence-electron chi connectivity index (χ4n) is 1.09. The van der Waals surface area contributed by atoms with E-state index in [2.05, 4.69) is 15.6 Å². The van der Waals surface area contributed by atoms with E-state index in [9.17, 15) is 9.59 Å². The summed E-state index contributed by atoms with van der Waals surface area (Å²) in [6.45, 7) is 1.27. The first kappa shape index (κ1) is 13.6. The first-order valence-electron chi connectivity index (χ1n) is 5.16. The van der Waals surface area contributed by atoms with E-state index in [4.69, 9.17) is 4.74 Å². The molecule has 2 amide bonds. The molecule has 0 unspecified atom stereocenters. The summed E-state index contributed by atoms with van der Waals surface area (Å²) in [5, 5.41) is 6.94. The van der Waals surface area contributed by atoms with Crippen LogP contribution in [0.5, 0.6) is 0 Å². The molecule has 1 aromatic heterocycles. The van der Waals surface area contributed by atoms with Crippen molar-refractivity contribution in [3.63, 3.8) is 0 Å². The molecule has 1 heterocycles. The highest BCUT2D eigenvalue weighted by Crippen LogP contribution is 1.99. The predicted octanol–water partition coefficient (Wildman–Crippen LogP) is 0.0256. The Labute approximate surface area is 103 Å². The third-order valence-electron chi connectivity index (χ3n) is 1.93. The van der Waals surface area contributed by atoms with Crippen molar-refractivity contribution in [3.05, 3.63) is 16.6 Å². The second-order valence-electron chi connectivity index (χ2n) is 3.22. The number of amides is 2. The maximum absolute atomic E-state index is 11.4. The lowest BCUT2D eigenvalue weighted by Gasteiger charge is -2.05. The highest BCUT2D eigenvalue weighted by atomic mass is 32.1. The van der Waals surface area contributed by atoms with Gasteiger partial charge in [0.05, 0.1) is 12.1 Å². The van der Waals surface area contributed by atoms with Gasteiger partial charge in [-0.2, -0.15) is 0 Å². The predicted molar refractivity (Wildman–Crippen MR) is 63.9 cm³/mol. The standard InChI is InChI=1S/C10H15N3O3S/c1-16-5-4-11-9(14)2-3-12-10(15)8-6-17-7-13-8/h6-7H,2-5H2,1H3,(H,11,14)(H,12,15). The molecule has 1 aromatic rings. The molecule has 0 saturated heterocycles. The Bertz CT molecular complexity index is 354. The molecule has 0 saturated carbocycles. The number of rotatable bonds is 7.